The predicted molar refractivity (Wildman–Crippen MR) is 67.5 cm³/mol. The summed E-state index contributed by atoms with van der Waals surface area (Å²) in [6.07, 6.45) is 0.785. The molecular weight excluding hydrogens is 296 g/mol. The van der Waals surface area contributed by atoms with Crippen LogP contribution < -0.4 is 0 Å². The molecule has 78 valence electrons. The minimum Gasteiger partial charge on any atom is -0.143 e. The van der Waals surface area contributed by atoms with E-state index in [1.54, 1.807) is 11.3 Å². The van der Waals surface area contributed by atoms with E-state index in [1.807, 2.05) is 24.3 Å². The first-order valence-corrected chi connectivity index (χ1v) is 6.58. The average Bonchev–Trinajstić information content (AvgIpc) is 2.67. The van der Waals surface area contributed by atoms with Gasteiger partial charge in [0, 0.05) is 22.3 Å². The van der Waals surface area contributed by atoms with Crippen molar-refractivity contribution in [1.82, 2.24) is 10.2 Å². The standard InChI is InChI=1S/C10H8BrClN2S/c11-8-3-1-2-7(6-8)10-14-13-9(15-10)4-5-12/h1-3,6H,4-5H2. The molecule has 0 saturated carbocycles. The molecule has 0 radical (unpaired) electrons. The molecule has 1 aromatic heterocycles. The van der Waals surface area contributed by atoms with E-state index < -0.39 is 0 Å². The molecule has 0 saturated heterocycles. The smallest absolute Gasteiger partial charge is 0.143 e. The summed E-state index contributed by atoms with van der Waals surface area (Å²) in [5.41, 5.74) is 1.09. The third-order valence-electron chi connectivity index (χ3n) is 1.85. The van der Waals surface area contributed by atoms with Crippen molar-refractivity contribution >= 4 is 38.9 Å². The fourth-order valence-corrected chi connectivity index (χ4v) is 2.70. The molecule has 2 nitrogen and oxygen atoms in total. The fraction of sp³-hybridized carbons (Fsp3) is 0.200. The summed E-state index contributed by atoms with van der Waals surface area (Å²) in [6.45, 7) is 0. The number of rotatable bonds is 3. The minimum atomic E-state index is 0.590. The number of benzene rings is 1. The zero-order chi connectivity index (χ0) is 10.7. The zero-order valence-electron chi connectivity index (χ0n) is 7.78. The number of aromatic nitrogens is 2. The summed E-state index contributed by atoms with van der Waals surface area (Å²) in [5, 5.41) is 10.1. The lowest BCUT2D eigenvalue weighted by Gasteiger charge is -1.94. The number of hydrogen-bond acceptors (Lipinski definition) is 3. The summed E-state index contributed by atoms with van der Waals surface area (Å²) >= 11 is 10.7. The van der Waals surface area contributed by atoms with Gasteiger partial charge in [0.2, 0.25) is 0 Å². The lowest BCUT2D eigenvalue weighted by atomic mass is 10.2. The maximum Gasteiger partial charge on any atom is 0.147 e. The van der Waals surface area contributed by atoms with Crippen LogP contribution in [0.5, 0.6) is 0 Å². The zero-order valence-corrected chi connectivity index (χ0v) is 10.9. The van der Waals surface area contributed by atoms with Crippen LogP contribution in [0.3, 0.4) is 0 Å². The highest BCUT2D eigenvalue weighted by atomic mass is 79.9. The van der Waals surface area contributed by atoms with E-state index in [2.05, 4.69) is 26.1 Å². The Labute approximate surface area is 105 Å². The van der Waals surface area contributed by atoms with Crippen LogP contribution in [0.2, 0.25) is 0 Å². The highest BCUT2D eigenvalue weighted by Gasteiger charge is 2.06. The Kier molecular flexibility index (Phi) is 3.72. The summed E-state index contributed by atoms with van der Waals surface area (Å²) < 4.78 is 1.05. The van der Waals surface area contributed by atoms with E-state index >= 15 is 0 Å². The quantitative estimate of drug-likeness (QED) is 0.807. The van der Waals surface area contributed by atoms with E-state index in [-0.39, 0.29) is 0 Å². The van der Waals surface area contributed by atoms with E-state index in [1.165, 1.54) is 0 Å². The van der Waals surface area contributed by atoms with Gasteiger partial charge in [-0.1, -0.05) is 39.4 Å². The van der Waals surface area contributed by atoms with E-state index in [0.29, 0.717) is 5.88 Å². The Morgan fingerprint density at radius 2 is 2.20 bits per heavy atom. The van der Waals surface area contributed by atoms with Gasteiger partial charge in [0.1, 0.15) is 10.0 Å². The van der Waals surface area contributed by atoms with Gasteiger partial charge in [-0.2, -0.15) is 0 Å². The Hall–Kier alpha value is -0.450. The molecule has 0 amide bonds. The lowest BCUT2D eigenvalue weighted by Crippen LogP contribution is -1.82. The molecule has 5 heteroatoms. The van der Waals surface area contributed by atoms with Crippen molar-refractivity contribution in [2.75, 3.05) is 5.88 Å². The molecule has 0 fully saturated rings. The van der Waals surface area contributed by atoms with Crippen LogP contribution in [0.1, 0.15) is 5.01 Å². The SMILES string of the molecule is ClCCc1nnc(-c2cccc(Br)c2)s1. The summed E-state index contributed by atoms with van der Waals surface area (Å²) in [6, 6.07) is 8.03. The normalized spacial score (nSPS) is 10.5. The molecule has 15 heavy (non-hydrogen) atoms. The highest BCUT2D eigenvalue weighted by Crippen LogP contribution is 2.26. The Balaban J connectivity index is 2.29. The lowest BCUT2D eigenvalue weighted by molar-refractivity contribution is 0.990. The van der Waals surface area contributed by atoms with Gasteiger partial charge in [0.25, 0.3) is 0 Å². The Bertz CT molecular complexity index is 458. The van der Waals surface area contributed by atoms with Gasteiger partial charge in [-0.25, -0.2) is 0 Å². The van der Waals surface area contributed by atoms with Gasteiger partial charge >= 0.3 is 0 Å². The van der Waals surface area contributed by atoms with Crippen LogP contribution in [0, 0.1) is 0 Å². The molecule has 0 spiro atoms. The predicted octanol–water partition coefficient (Wildman–Crippen LogP) is 3.75. The van der Waals surface area contributed by atoms with Crippen LogP contribution in [-0.4, -0.2) is 16.1 Å². The topological polar surface area (TPSA) is 25.8 Å². The van der Waals surface area contributed by atoms with Crippen molar-refractivity contribution in [3.05, 3.63) is 33.7 Å². The van der Waals surface area contributed by atoms with Crippen LogP contribution in [0.15, 0.2) is 28.7 Å². The molecule has 0 aliphatic carbocycles. The second-order valence-corrected chi connectivity index (χ2v) is 5.31. The van der Waals surface area contributed by atoms with E-state index in [0.717, 1.165) is 26.5 Å². The van der Waals surface area contributed by atoms with Crippen molar-refractivity contribution < 1.29 is 0 Å². The van der Waals surface area contributed by atoms with Crippen molar-refractivity contribution in [3.63, 3.8) is 0 Å². The van der Waals surface area contributed by atoms with Crippen molar-refractivity contribution in [2.24, 2.45) is 0 Å². The average molecular weight is 304 g/mol. The molecule has 1 heterocycles. The minimum absolute atomic E-state index is 0.590. The highest BCUT2D eigenvalue weighted by molar-refractivity contribution is 9.10. The van der Waals surface area contributed by atoms with Crippen LogP contribution >= 0.6 is 38.9 Å². The number of hydrogen-bond donors (Lipinski definition) is 0. The largest absolute Gasteiger partial charge is 0.147 e. The molecule has 0 aliphatic rings. The third kappa shape index (κ3) is 2.77. The first kappa shape index (κ1) is 11.0. The van der Waals surface area contributed by atoms with Crippen molar-refractivity contribution in [2.45, 2.75) is 6.42 Å². The fourth-order valence-electron chi connectivity index (χ4n) is 1.17. The maximum atomic E-state index is 5.65. The monoisotopic (exact) mass is 302 g/mol. The summed E-state index contributed by atoms with van der Waals surface area (Å²) in [5.74, 6) is 0.590. The van der Waals surface area contributed by atoms with Crippen molar-refractivity contribution in [1.29, 1.82) is 0 Å². The van der Waals surface area contributed by atoms with Gasteiger partial charge in [0.15, 0.2) is 0 Å². The van der Waals surface area contributed by atoms with Crippen LogP contribution in [-0.2, 0) is 6.42 Å². The molecular formula is C10H8BrClN2S. The van der Waals surface area contributed by atoms with Crippen LogP contribution in [0.25, 0.3) is 10.6 Å². The van der Waals surface area contributed by atoms with E-state index in [9.17, 15) is 0 Å². The number of nitrogens with zero attached hydrogens (tertiary/aromatic N) is 2. The number of halogens is 2. The Morgan fingerprint density at radius 1 is 1.33 bits per heavy atom. The number of aryl methyl sites for hydroxylation is 1. The first-order valence-electron chi connectivity index (χ1n) is 4.44. The van der Waals surface area contributed by atoms with E-state index in [4.69, 9.17) is 11.6 Å². The van der Waals surface area contributed by atoms with Gasteiger partial charge < -0.3 is 0 Å². The second kappa shape index (κ2) is 5.05. The first-order chi connectivity index (χ1) is 7.29. The molecule has 0 aliphatic heterocycles. The molecule has 0 atom stereocenters. The molecule has 1 aromatic carbocycles. The van der Waals surface area contributed by atoms with Gasteiger partial charge in [-0.15, -0.1) is 21.8 Å². The molecule has 0 bridgehead atoms. The molecule has 2 aromatic rings. The second-order valence-electron chi connectivity index (χ2n) is 2.95. The summed E-state index contributed by atoms with van der Waals surface area (Å²) in [4.78, 5) is 0. The van der Waals surface area contributed by atoms with Crippen LogP contribution in [0.4, 0.5) is 0 Å². The Morgan fingerprint density at radius 3 is 2.93 bits per heavy atom. The summed E-state index contributed by atoms with van der Waals surface area (Å²) in [7, 11) is 0. The van der Waals surface area contributed by atoms with Gasteiger partial charge in [0.05, 0.1) is 0 Å². The molecule has 2 rings (SSSR count). The maximum absolute atomic E-state index is 5.65. The van der Waals surface area contributed by atoms with Gasteiger partial charge in [-0.05, 0) is 12.1 Å². The van der Waals surface area contributed by atoms with Gasteiger partial charge in [-0.3, -0.25) is 0 Å². The molecule has 0 unspecified atom stereocenters. The van der Waals surface area contributed by atoms with Crippen molar-refractivity contribution in [3.8, 4) is 10.6 Å². The third-order valence-corrected chi connectivity index (χ3v) is 3.56. The molecule has 0 N–H and O–H groups in total. The number of alkyl halides is 1.